The van der Waals surface area contributed by atoms with Crippen LogP contribution in [0.15, 0.2) is 54.7 Å². The number of benzene rings is 1. The van der Waals surface area contributed by atoms with Crippen molar-refractivity contribution in [3.8, 4) is 17.3 Å². The van der Waals surface area contributed by atoms with Crippen molar-refractivity contribution >= 4 is 17.5 Å². The number of rotatable bonds is 5. The van der Waals surface area contributed by atoms with Crippen molar-refractivity contribution in [1.82, 2.24) is 24.7 Å². The van der Waals surface area contributed by atoms with Gasteiger partial charge in [-0.05, 0) is 67.3 Å². The first-order chi connectivity index (χ1) is 17.6. The second-order valence-electron chi connectivity index (χ2n) is 9.24. The van der Waals surface area contributed by atoms with Gasteiger partial charge in [-0.3, -0.25) is 4.79 Å². The fraction of sp³-hybridized carbons (Fsp3) is 0.296. The van der Waals surface area contributed by atoms with Gasteiger partial charge in [0.05, 0.1) is 12.7 Å². The summed E-state index contributed by atoms with van der Waals surface area (Å²) in [6, 6.07) is 15.7. The fourth-order valence-corrected chi connectivity index (χ4v) is 5.08. The average molecular weight is 482 g/mol. The summed E-state index contributed by atoms with van der Waals surface area (Å²) in [5, 5.41) is 11.6. The molecule has 1 aromatic carbocycles. The maximum atomic E-state index is 13.4. The minimum absolute atomic E-state index is 0.269. The Hall–Kier alpha value is -4.27. The number of hydrogen-bond donors (Lipinski definition) is 1. The average Bonchev–Trinajstić information content (AvgIpc) is 3.51. The standard InChI is InChI=1S/C27H27N7O2/c1-17-9-10-25-31-32-26(34(17)25)21-6-5-7-23(29-21)30-27(35)20-14-19-16-33(24-8-3-4-12-28-24)13-11-18(19)15-22(20)36-2/h3-8,12,14-15,17H,9-11,13,16H2,1-2H3,(H,29,30,35)/t17-/m0/s1. The Kier molecular flexibility index (Phi) is 5.59. The van der Waals surface area contributed by atoms with Gasteiger partial charge < -0.3 is 19.5 Å². The van der Waals surface area contributed by atoms with Gasteiger partial charge in [0.25, 0.3) is 5.91 Å². The summed E-state index contributed by atoms with van der Waals surface area (Å²) in [5.41, 5.74) is 3.44. The number of aromatic nitrogens is 5. The van der Waals surface area contributed by atoms with Crippen molar-refractivity contribution in [3.63, 3.8) is 0 Å². The Labute approximate surface area is 209 Å². The van der Waals surface area contributed by atoms with Gasteiger partial charge in [0.1, 0.15) is 28.9 Å². The van der Waals surface area contributed by atoms with E-state index in [2.05, 4.69) is 41.9 Å². The first-order valence-electron chi connectivity index (χ1n) is 12.2. The third kappa shape index (κ3) is 3.96. The molecule has 0 fully saturated rings. The molecule has 0 spiro atoms. The molecule has 9 heteroatoms. The lowest BCUT2D eigenvalue weighted by Gasteiger charge is -2.30. The van der Waals surface area contributed by atoms with Crippen LogP contribution in [-0.4, -0.2) is 44.3 Å². The van der Waals surface area contributed by atoms with Crippen LogP contribution >= 0.6 is 0 Å². The normalized spacial score (nSPS) is 16.4. The predicted octanol–water partition coefficient (Wildman–Crippen LogP) is 4.07. The molecule has 0 bridgehead atoms. The monoisotopic (exact) mass is 481 g/mol. The van der Waals surface area contributed by atoms with Crippen molar-refractivity contribution in [2.45, 2.75) is 38.8 Å². The number of aryl methyl sites for hydroxylation is 1. The van der Waals surface area contributed by atoms with Crippen molar-refractivity contribution in [2.75, 3.05) is 23.9 Å². The second kappa shape index (κ2) is 9.07. The summed E-state index contributed by atoms with van der Waals surface area (Å²) in [4.78, 5) is 24.8. The lowest BCUT2D eigenvalue weighted by atomic mass is 9.96. The Bertz CT molecular complexity index is 1430. The van der Waals surface area contributed by atoms with Crippen LogP contribution in [0.2, 0.25) is 0 Å². The maximum absolute atomic E-state index is 13.4. The van der Waals surface area contributed by atoms with E-state index in [4.69, 9.17) is 4.74 Å². The minimum Gasteiger partial charge on any atom is -0.496 e. The molecule has 0 saturated heterocycles. The van der Waals surface area contributed by atoms with Crippen LogP contribution in [0.1, 0.15) is 46.7 Å². The summed E-state index contributed by atoms with van der Waals surface area (Å²) in [6.45, 7) is 3.70. The van der Waals surface area contributed by atoms with Crippen molar-refractivity contribution in [2.24, 2.45) is 0 Å². The van der Waals surface area contributed by atoms with E-state index >= 15 is 0 Å². The van der Waals surface area contributed by atoms with E-state index in [9.17, 15) is 4.79 Å². The number of anilines is 2. The van der Waals surface area contributed by atoms with E-state index in [1.807, 2.05) is 42.5 Å². The zero-order valence-electron chi connectivity index (χ0n) is 20.3. The van der Waals surface area contributed by atoms with E-state index in [1.165, 1.54) is 5.56 Å². The zero-order valence-corrected chi connectivity index (χ0v) is 20.3. The third-order valence-electron chi connectivity index (χ3n) is 6.96. The molecule has 2 aliphatic heterocycles. The Balaban J connectivity index is 1.27. The molecule has 4 aromatic rings. The molecule has 1 atom stereocenters. The van der Waals surface area contributed by atoms with Crippen LogP contribution in [0, 0.1) is 0 Å². The van der Waals surface area contributed by atoms with Crippen molar-refractivity contribution < 1.29 is 9.53 Å². The third-order valence-corrected chi connectivity index (χ3v) is 6.96. The fourth-order valence-electron chi connectivity index (χ4n) is 5.08. The highest BCUT2D eigenvalue weighted by molar-refractivity contribution is 6.06. The van der Waals surface area contributed by atoms with Gasteiger partial charge in [-0.25, -0.2) is 9.97 Å². The van der Waals surface area contributed by atoms with Crippen molar-refractivity contribution in [1.29, 1.82) is 0 Å². The number of carbonyl (C=O) groups excluding carboxylic acids is 1. The Morgan fingerprint density at radius 2 is 2.00 bits per heavy atom. The molecule has 36 heavy (non-hydrogen) atoms. The molecule has 0 aliphatic carbocycles. The second-order valence-corrected chi connectivity index (χ2v) is 9.24. The molecule has 9 nitrogen and oxygen atoms in total. The molecule has 5 heterocycles. The summed E-state index contributed by atoms with van der Waals surface area (Å²) in [5.74, 6) is 3.38. The Morgan fingerprint density at radius 3 is 2.83 bits per heavy atom. The number of amides is 1. The van der Waals surface area contributed by atoms with Crippen LogP contribution < -0.4 is 15.0 Å². The molecule has 2 aliphatic rings. The van der Waals surface area contributed by atoms with Crippen LogP contribution in [0.4, 0.5) is 11.6 Å². The predicted molar refractivity (Wildman–Crippen MR) is 136 cm³/mol. The number of pyridine rings is 2. The molecule has 0 saturated carbocycles. The smallest absolute Gasteiger partial charge is 0.260 e. The topological polar surface area (TPSA) is 98.1 Å². The Morgan fingerprint density at radius 1 is 1.08 bits per heavy atom. The van der Waals surface area contributed by atoms with E-state index in [-0.39, 0.29) is 5.91 Å². The number of nitrogens with zero attached hydrogens (tertiary/aromatic N) is 6. The summed E-state index contributed by atoms with van der Waals surface area (Å²) < 4.78 is 7.73. The lowest BCUT2D eigenvalue weighted by molar-refractivity contribution is 0.102. The van der Waals surface area contributed by atoms with E-state index in [0.29, 0.717) is 35.4 Å². The first kappa shape index (κ1) is 22.2. The van der Waals surface area contributed by atoms with E-state index < -0.39 is 0 Å². The lowest BCUT2D eigenvalue weighted by Crippen LogP contribution is -2.31. The molecule has 6 rings (SSSR count). The molecular weight excluding hydrogens is 454 g/mol. The van der Waals surface area contributed by atoms with Crippen LogP contribution in [0.3, 0.4) is 0 Å². The van der Waals surface area contributed by atoms with Crippen LogP contribution in [0.5, 0.6) is 5.75 Å². The molecular formula is C27H27N7O2. The van der Waals surface area contributed by atoms with Gasteiger partial charge in [0.15, 0.2) is 5.82 Å². The first-order valence-corrected chi connectivity index (χ1v) is 12.2. The number of nitrogens with one attached hydrogen (secondary N) is 1. The minimum atomic E-state index is -0.269. The summed E-state index contributed by atoms with van der Waals surface area (Å²) in [7, 11) is 1.59. The van der Waals surface area contributed by atoms with Crippen molar-refractivity contribution in [3.05, 3.63) is 77.2 Å². The molecule has 1 amide bonds. The number of ether oxygens (including phenoxy) is 1. The highest BCUT2D eigenvalue weighted by Gasteiger charge is 2.26. The zero-order chi connectivity index (χ0) is 24.6. The van der Waals surface area contributed by atoms with Gasteiger partial charge in [-0.15, -0.1) is 10.2 Å². The van der Waals surface area contributed by atoms with E-state index in [1.54, 1.807) is 19.4 Å². The quantitative estimate of drug-likeness (QED) is 0.459. The van der Waals surface area contributed by atoms with Gasteiger partial charge in [0.2, 0.25) is 0 Å². The molecule has 0 radical (unpaired) electrons. The largest absolute Gasteiger partial charge is 0.496 e. The van der Waals surface area contributed by atoms with Crippen LogP contribution in [0.25, 0.3) is 11.5 Å². The van der Waals surface area contributed by atoms with E-state index in [0.717, 1.165) is 48.8 Å². The number of carbonyl (C=O) groups is 1. The highest BCUT2D eigenvalue weighted by atomic mass is 16.5. The maximum Gasteiger partial charge on any atom is 0.260 e. The number of methoxy groups -OCH3 is 1. The van der Waals surface area contributed by atoms with Gasteiger partial charge >= 0.3 is 0 Å². The molecule has 0 unspecified atom stereocenters. The highest BCUT2D eigenvalue weighted by Crippen LogP contribution is 2.32. The molecule has 182 valence electrons. The molecule has 1 N–H and O–H groups in total. The van der Waals surface area contributed by atoms with Gasteiger partial charge in [0, 0.05) is 31.7 Å². The number of fused-ring (bicyclic) bond motifs is 2. The van der Waals surface area contributed by atoms with Gasteiger partial charge in [-0.1, -0.05) is 12.1 Å². The molecule has 3 aromatic heterocycles. The summed E-state index contributed by atoms with van der Waals surface area (Å²) >= 11 is 0. The van der Waals surface area contributed by atoms with Crippen LogP contribution in [-0.2, 0) is 19.4 Å². The summed E-state index contributed by atoms with van der Waals surface area (Å²) in [6.07, 6.45) is 4.62. The number of hydrogen-bond acceptors (Lipinski definition) is 7. The van der Waals surface area contributed by atoms with Gasteiger partial charge in [-0.2, -0.15) is 0 Å². The SMILES string of the molecule is COc1cc2c(cc1C(=O)Nc1cccc(-c3nnc4n3[C@@H](C)CC4)n1)CN(c1ccccn1)CC2.